The first kappa shape index (κ1) is 19.5. The van der Waals surface area contributed by atoms with E-state index >= 15 is 0 Å². The topological polar surface area (TPSA) is 78.4 Å². The van der Waals surface area contributed by atoms with Crippen molar-refractivity contribution in [1.29, 1.82) is 0 Å². The van der Waals surface area contributed by atoms with E-state index in [9.17, 15) is 9.59 Å². The van der Waals surface area contributed by atoms with E-state index in [1.54, 1.807) is 68.4 Å². The van der Waals surface area contributed by atoms with Crippen molar-refractivity contribution in [3.8, 4) is 17.3 Å². The number of aryl methyl sites for hydroxylation is 1. The van der Waals surface area contributed by atoms with Crippen LogP contribution in [-0.2, 0) is 4.74 Å². The van der Waals surface area contributed by atoms with Gasteiger partial charge in [-0.15, -0.1) is 0 Å². The van der Waals surface area contributed by atoms with Crippen LogP contribution in [0.2, 0.25) is 5.02 Å². The number of rotatable bonds is 5. The van der Waals surface area contributed by atoms with Crippen LogP contribution in [-0.4, -0.2) is 28.5 Å². The Hall–Kier alpha value is -3.25. The SMILES string of the molecule is CCOC(=O)c1c(C)nc(OC(=O)c2ccccc2)nc1-c1ccc(Cl)cc1. The number of carbonyl (C=O) groups is 2. The molecule has 1 aromatic heterocycles. The Labute approximate surface area is 167 Å². The number of aromatic nitrogens is 2. The van der Waals surface area contributed by atoms with Gasteiger partial charge in [-0.1, -0.05) is 41.9 Å². The zero-order valence-electron chi connectivity index (χ0n) is 15.3. The molecule has 0 unspecified atom stereocenters. The van der Waals surface area contributed by atoms with E-state index in [2.05, 4.69) is 9.97 Å². The highest BCUT2D eigenvalue weighted by Crippen LogP contribution is 2.27. The molecule has 0 radical (unpaired) electrons. The zero-order chi connectivity index (χ0) is 20.1. The second-order valence-corrected chi connectivity index (χ2v) is 6.23. The normalized spacial score (nSPS) is 10.4. The predicted molar refractivity (Wildman–Crippen MR) is 105 cm³/mol. The molecule has 7 heteroatoms. The highest BCUT2D eigenvalue weighted by atomic mass is 35.5. The van der Waals surface area contributed by atoms with Crippen molar-refractivity contribution in [1.82, 2.24) is 9.97 Å². The largest absolute Gasteiger partial charge is 0.462 e. The van der Waals surface area contributed by atoms with Gasteiger partial charge >= 0.3 is 17.9 Å². The smallest absolute Gasteiger partial charge is 0.345 e. The molecule has 0 amide bonds. The summed E-state index contributed by atoms with van der Waals surface area (Å²) in [5.74, 6) is -1.14. The van der Waals surface area contributed by atoms with Crippen molar-refractivity contribution in [3.05, 3.63) is 76.4 Å². The molecule has 0 fully saturated rings. The molecule has 0 aliphatic rings. The molecule has 28 heavy (non-hydrogen) atoms. The zero-order valence-corrected chi connectivity index (χ0v) is 16.1. The molecule has 0 saturated heterocycles. The Balaban J connectivity index is 2.05. The minimum absolute atomic E-state index is 0.149. The molecule has 0 N–H and O–H groups in total. The lowest BCUT2D eigenvalue weighted by Crippen LogP contribution is -2.15. The van der Waals surface area contributed by atoms with Crippen molar-refractivity contribution < 1.29 is 19.1 Å². The van der Waals surface area contributed by atoms with Crippen LogP contribution in [0, 0.1) is 6.92 Å². The third kappa shape index (κ3) is 4.35. The minimum Gasteiger partial charge on any atom is -0.462 e. The van der Waals surface area contributed by atoms with E-state index in [-0.39, 0.29) is 18.2 Å². The van der Waals surface area contributed by atoms with Gasteiger partial charge in [-0.2, -0.15) is 9.97 Å². The Kier molecular flexibility index (Phi) is 6.01. The van der Waals surface area contributed by atoms with Gasteiger partial charge < -0.3 is 9.47 Å². The number of hydrogen-bond donors (Lipinski definition) is 0. The van der Waals surface area contributed by atoms with E-state index < -0.39 is 11.9 Å². The third-order valence-corrected chi connectivity index (χ3v) is 4.11. The number of carbonyl (C=O) groups excluding carboxylic acids is 2. The quantitative estimate of drug-likeness (QED) is 0.591. The van der Waals surface area contributed by atoms with Gasteiger partial charge in [0, 0.05) is 10.6 Å². The number of hydrogen-bond acceptors (Lipinski definition) is 6. The Morgan fingerprint density at radius 1 is 0.964 bits per heavy atom. The van der Waals surface area contributed by atoms with Crippen molar-refractivity contribution in [2.24, 2.45) is 0 Å². The summed E-state index contributed by atoms with van der Waals surface area (Å²) in [4.78, 5) is 33.2. The Bertz CT molecular complexity index is 1000. The van der Waals surface area contributed by atoms with E-state index in [0.29, 0.717) is 27.5 Å². The summed E-state index contributed by atoms with van der Waals surface area (Å²) < 4.78 is 10.5. The maximum absolute atomic E-state index is 12.4. The first-order valence-corrected chi connectivity index (χ1v) is 8.96. The van der Waals surface area contributed by atoms with Gasteiger partial charge in [0.15, 0.2) is 0 Å². The van der Waals surface area contributed by atoms with Gasteiger partial charge in [-0.05, 0) is 38.1 Å². The van der Waals surface area contributed by atoms with Crippen molar-refractivity contribution in [2.75, 3.05) is 6.61 Å². The average Bonchev–Trinajstić information content (AvgIpc) is 2.69. The maximum atomic E-state index is 12.4. The lowest BCUT2D eigenvalue weighted by molar-refractivity contribution is 0.0525. The van der Waals surface area contributed by atoms with Gasteiger partial charge in [-0.3, -0.25) is 0 Å². The lowest BCUT2D eigenvalue weighted by atomic mass is 10.0. The fraction of sp³-hybridized carbons (Fsp3) is 0.143. The number of nitrogens with zero attached hydrogens (tertiary/aromatic N) is 2. The summed E-state index contributed by atoms with van der Waals surface area (Å²) in [6, 6.07) is 15.2. The van der Waals surface area contributed by atoms with Crippen molar-refractivity contribution in [3.63, 3.8) is 0 Å². The minimum atomic E-state index is -0.592. The first-order chi connectivity index (χ1) is 13.5. The van der Waals surface area contributed by atoms with Gasteiger partial charge in [0.25, 0.3) is 0 Å². The molecular formula is C21H17ClN2O4. The Morgan fingerprint density at radius 3 is 2.29 bits per heavy atom. The van der Waals surface area contributed by atoms with Crippen LogP contribution in [0.5, 0.6) is 6.01 Å². The molecule has 3 aromatic rings. The fourth-order valence-electron chi connectivity index (χ4n) is 2.57. The summed E-state index contributed by atoms with van der Waals surface area (Å²) >= 11 is 5.96. The fourth-order valence-corrected chi connectivity index (χ4v) is 2.70. The molecule has 0 aliphatic carbocycles. The van der Waals surface area contributed by atoms with E-state index in [0.717, 1.165) is 0 Å². The number of ether oxygens (including phenoxy) is 2. The molecule has 2 aromatic carbocycles. The molecule has 6 nitrogen and oxygen atoms in total. The molecule has 142 valence electrons. The monoisotopic (exact) mass is 396 g/mol. The lowest BCUT2D eigenvalue weighted by Gasteiger charge is -2.12. The second kappa shape index (κ2) is 8.63. The van der Waals surface area contributed by atoms with Gasteiger partial charge in [0.1, 0.15) is 5.56 Å². The van der Waals surface area contributed by atoms with E-state index in [1.165, 1.54) is 0 Å². The summed E-state index contributed by atoms with van der Waals surface area (Å²) in [6.45, 7) is 3.56. The highest BCUT2D eigenvalue weighted by Gasteiger charge is 2.23. The molecule has 0 aliphatic heterocycles. The second-order valence-electron chi connectivity index (χ2n) is 5.80. The summed E-state index contributed by atoms with van der Waals surface area (Å²) in [5, 5.41) is 0.544. The molecule has 0 bridgehead atoms. The van der Waals surface area contributed by atoms with Crippen LogP contribution in [0.1, 0.15) is 33.3 Å². The number of esters is 2. The van der Waals surface area contributed by atoms with Crippen molar-refractivity contribution in [2.45, 2.75) is 13.8 Å². The highest BCUT2D eigenvalue weighted by molar-refractivity contribution is 6.30. The van der Waals surface area contributed by atoms with Crippen LogP contribution < -0.4 is 4.74 Å². The summed E-state index contributed by atoms with van der Waals surface area (Å²) in [5.41, 5.74) is 1.85. The van der Waals surface area contributed by atoms with Gasteiger partial charge in [0.05, 0.1) is 23.6 Å². The first-order valence-electron chi connectivity index (χ1n) is 8.58. The van der Waals surface area contributed by atoms with Crippen LogP contribution in [0.15, 0.2) is 54.6 Å². The van der Waals surface area contributed by atoms with Crippen LogP contribution in [0.4, 0.5) is 0 Å². The number of benzene rings is 2. The van der Waals surface area contributed by atoms with Crippen LogP contribution in [0.3, 0.4) is 0 Å². The third-order valence-electron chi connectivity index (χ3n) is 3.86. The van der Waals surface area contributed by atoms with E-state index in [1.807, 2.05) is 0 Å². The van der Waals surface area contributed by atoms with Crippen molar-refractivity contribution >= 4 is 23.5 Å². The average molecular weight is 397 g/mol. The van der Waals surface area contributed by atoms with Gasteiger partial charge in [0.2, 0.25) is 0 Å². The number of halogens is 1. The summed E-state index contributed by atoms with van der Waals surface area (Å²) in [7, 11) is 0. The predicted octanol–water partition coefficient (Wildman–Crippen LogP) is 4.50. The molecule has 0 atom stereocenters. The van der Waals surface area contributed by atoms with Crippen LogP contribution >= 0.6 is 11.6 Å². The standard InChI is InChI=1S/C21H17ClN2O4/c1-3-27-20(26)17-13(2)23-21(28-19(25)15-7-5-4-6-8-15)24-18(17)14-9-11-16(22)12-10-14/h4-12H,3H2,1-2H3. The molecule has 1 heterocycles. The molecular weight excluding hydrogens is 380 g/mol. The van der Waals surface area contributed by atoms with Gasteiger partial charge in [-0.25, -0.2) is 9.59 Å². The summed E-state index contributed by atoms with van der Waals surface area (Å²) in [6.07, 6.45) is 0. The molecule has 0 spiro atoms. The van der Waals surface area contributed by atoms with E-state index in [4.69, 9.17) is 21.1 Å². The molecule has 0 saturated carbocycles. The maximum Gasteiger partial charge on any atom is 0.345 e. The van der Waals surface area contributed by atoms with Crippen LogP contribution in [0.25, 0.3) is 11.3 Å². The Morgan fingerprint density at radius 2 is 1.64 bits per heavy atom. The molecule has 3 rings (SSSR count).